The van der Waals surface area contributed by atoms with Crippen molar-refractivity contribution >= 4 is 18.3 Å². The standard InChI is InChI=1S/C15H25N3O2.ClH/c1-4-16-10-13-5-7-18(8-6-13)15(19)9-14-11(2)17-20-12(14)3;/h13,16H,4-10H2,1-3H3;1H. The van der Waals surface area contributed by atoms with Crippen molar-refractivity contribution in [2.24, 2.45) is 5.92 Å². The van der Waals surface area contributed by atoms with E-state index in [1.807, 2.05) is 18.7 Å². The molecule has 0 unspecified atom stereocenters. The van der Waals surface area contributed by atoms with E-state index < -0.39 is 0 Å². The van der Waals surface area contributed by atoms with Gasteiger partial charge in [-0.25, -0.2) is 0 Å². The smallest absolute Gasteiger partial charge is 0.227 e. The third-order valence-corrected chi connectivity index (χ3v) is 4.16. The summed E-state index contributed by atoms with van der Waals surface area (Å²) in [6.45, 7) is 9.72. The van der Waals surface area contributed by atoms with Crippen LogP contribution in [-0.4, -0.2) is 42.1 Å². The lowest BCUT2D eigenvalue weighted by Gasteiger charge is -2.32. The number of nitrogens with one attached hydrogen (secondary N) is 1. The number of amides is 1. The van der Waals surface area contributed by atoms with Gasteiger partial charge in [-0.05, 0) is 45.7 Å². The van der Waals surface area contributed by atoms with Crippen molar-refractivity contribution in [3.05, 3.63) is 17.0 Å². The van der Waals surface area contributed by atoms with Gasteiger partial charge in [0.2, 0.25) is 5.91 Å². The molecule has 120 valence electrons. The number of nitrogens with zero attached hydrogens (tertiary/aromatic N) is 2. The summed E-state index contributed by atoms with van der Waals surface area (Å²) < 4.78 is 5.12. The van der Waals surface area contributed by atoms with Gasteiger partial charge < -0.3 is 14.7 Å². The number of carbonyl (C=O) groups excluding carboxylic acids is 1. The first-order valence-electron chi connectivity index (χ1n) is 7.52. The van der Waals surface area contributed by atoms with Gasteiger partial charge in [-0.1, -0.05) is 12.1 Å². The second-order valence-electron chi connectivity index (χ2n) is 5.61. The molecule has 0 saturated carbocycles. The minimum Gasteiger partial charge on any atom is -0.361 e. The van der Waals surface area contributed by atoms with E-state index in [2.05, 4.69) is 17.4 Å². The summed E-state index contributed by atoms with van der Waals surface area (Å²) in [6, 6.07) is 0. The lowest BCUT2D eigenvalue weighted by atomic mass is 9.96. The van der Waals surface area contributed by atoms with Gasteiger partial charge in [0.05, 0.1) is 12.1 Å². The maximum absolute atomic E-state index is 12.3. The molecule has 21 heavy (non-hydrogen) atoms. The Kier molecular flexibility index (Phi) is 7.18. The van der Waals surface area contributed by atoms with Gasteiger partial charge in [0, 0.05) is 18.7 Å². The first kappa shape index (κ1) is 18.0. The zero-order valence-electron chi connectivity index (χ0n) is 13.1. The number of rotatable bonds is 5. The van der Waals surface area contributed by atoms with Gasteiger partial charge in [-0.15, -0.1) is 12.4 Å². The maximum atomic E-state index is 12.3. The van der Waals surface area contributed by atoms with Crippen molar-refractivity contribution in [2.45, 2.75) is 40.0 Å². The molecule has 0 aromatic carbocycles. The van der Waals surface area contributed by atoms with Crippen LogP contribution in [0.1, 0.15) is 36.8 Å². The molecule has 0 aliphatic carbocycles. The molecule has 1 amide bonds. The number of aryl methyl sites for hydroxylation is 2. The molecule has 0 radical (unpaired) electrons. The van der Waals surface area contributed by atoms with E-state index in [0.29, 0.717) is 12.3 Å². The fourth-order valence-corrected chi connectivity index (χ4v) is 2.75. The van der Waals surface area contributed by atoms with Crippen molar-refractivity contribution in [3.63, 3.8) is 0 Å². The van der Waals surface area contributed by atoms with E-state index in [1.54, 1.807) is 0 Å². The van der Waals surface area contributed by atoms with Crippen molar-refractivity contribution < 1.29 is 9.32 Å². The largest absolute Gasteiger partial charge is 0.361 e. The van der Waals surface area contributed by atoms with Crippen LogP contribution in [0.15, 0.2) is 4.52 Å². The van der Waals surface area contributed by atoms with E-state index >= 15 is 0 Å². The monoisotopic (exact) mass is 315 g/mol. The maximum Gasteiger partial charge on any atom is 0.227 e. The van der Waals surface area contributed by atoms with Crippen LogP contribution in [0.2, 0.25) is 0 Å². The second kappa shape index (κ2) is 8.39. The van der Waals surface area contributed by atoms with Crippen LogP contribution < -0.4 is 5.32 Å². The Bertz CT molecular complexity index is 434. The number of carbonyl (C=O) groups is 1. The Hall–Kier alpha value is -1.07. The first-order valence-corrected chi connectivity index (χ1v) is 7.52. The molecule has 0 atom stereocenters. The molecular formula is C15H26ClN3O2. The molecule has 2 rings (SSSR count). The lowest BCUT2D eigenvalue weighted by Crippen LogP contribution is -2.41. The molecule has 1 aromatic heterocycles. The van der Waals surface area contributed by atoms with Gasteiger partial charge in [0.15, 0.2) is 0 Å². The highest BCUT2D eigenvalue weighted by molar-refractivity contribution is 5.85. The van der Waals surface area contributed by atoms with Gasteiger partial charge in [0.25, 0.3) is 0 Å². The number of aromatic nitrogens is 1. The number of halogens is 1. The summed E-state index contributed by atoms with van der Waals surface area (Å²) >= 11 is 0. The Balaban J connectivity index is 0.00000220. The highest BCUT2D eigenvalue weighted by atomic mass is 35.5. The number of hydrogen-bond donors (Lipinski definition) is 1. The lowest BCUT2D eigenvalue weighted by molar-refractivity contribution is -0.131. The number of piperidine rings is 1. The molecule has 1 aliphatic rings. The fraction of sp³-hybridized carbons (Fsp3) is 0.733. The summed E-state index contributed by atoms with van der Waals surface area (Å²) in [4.78, 5) is 14.3. The first-order chi connectivity index (χ1) is 9.61. The van der Waals surface area contributed by atoms with Gasteiger partial charge >= 0.3 is 0 Å². The van der Waals surface area contributed by atoms with Crippen molar-refractivity contribution in [2.75, 3.05) is 26.2 Å². The third kappa shape index (κ3) is 4.71. The quantitative estimate of drug-likeness (QED) is 0.904. The van der Waals surface area contributed by atoms with E-state index in [9.17, 15) is 4.79 Å². The predicted molar refractivity (Wildman–Crippen MR) is 84.8 cm³/mol. The molecule has 1 fully saturated rings. The van der Waals surface area contributed by atoms with Crippen LogP contribution in [-0.2, 0) is 11.2 Å². The molecular weight excluding hydrogens is 290 g/mol. The molecule has 5 nitrogen and oxygen atoms in total. The zero-order valence-corrected chi connectivity index (χ0v) is 14.0. The Morgan fingerprint density at radius 3 is 2.57 bits per heavy atom. The summed E-state index contributed by atoms with van der Waals surface area (Å²) in [5.74, 6) is 1.66. The van der Waals surface area contributed by atoms with Crippen LogP contribution in [0.5, 0.6) is 0 Å². The third-order valence-electron chi connectivity index (χ3n) is 4.16. The molecule has 0 bridgehead atoms. The van der Waals surface area contributed by atoms with E-state index in [0.717, 1.165) is 56.0 Å². The van der Waals surface area contributed by atoms with E-state index in [-0.39, 0.29) is 18.3 Å². The molecule has 1 aromatic rings. The predicted octanol–water partition coefficient (Wildman–Crippen LogP) is 2.10. The summed E-state index contributed by atoms with van der Waals surface area (Å²) in [6.07, 6.45) is 2.61. The Labute approximate surface area is 132 Å². The van der Waals surface area contributed by atoms with Crippen molar-refractivity contribution in [3.8, 4) is 0 Å². The summed E-state index contributed by atoms with van der Waals surface area (Å²) in [7, 11) is 0. The molecule has 2 heterocycles. The van der Waals surface area contributed by atoms with E-state index in [4.69, 9.17) is 4.52 Å². The topological polar surface area (TPSA) is 58.4 Å². The Morgan fingerprint density at radius 1 is 1.38 bits per heavy atom. The van der Waals surface area contributed by atoms with E-state index in [1.165, 1.54) is 0 Å². The van der Waals surface area contributed by atoms with Crippen LogP contribution in [0.4, 0.5) is 0 Å². The number of likely N-dealkylation sites (tertiary alicyclic amines) is 1. The molecule has 1 aliphatic heterocycles. The molecule has 1 saturated heterocycles. The SMILES string of the molecule is CCNCC1CCN(C(=O)Cc2c(C)noc2C)CC1.Cl. The van der Waals surface area contributed by atoms with Gasteiger partial charge in [-0.3, -0.25) is 4.79 Å². The van der Waals surface area contributed by atoms with Gasteiger partial charge in [-0.2, -0.15) is 0 Å². The van der Waals surface area contributed by atoms with Crippen molar-refractivity contribution in [1.82, 2.24) is 15.4 Å². The van der Waals surface area contributed by atoms with Crippen LogP contribution >= 0.6 is 12.4 Å². The zero-order chi connectivity index (χ0) is 14.5. The number of hydrogen-bond acceptors (Lipinski definition) is 4. The average molecular weight is 316 g/mol. The summed E-state index contributed by atoms with van der Waals surface area (Å²) in [5.41, 5.74) is 1.78. The highest BCUT2D eigenvalue weighted by Crippen LogP contribution is 2.19. The summed E-state index contributed by atoms with van der Waals surface area (Å²) in [5, 5.41) is 7.30. The molecule has 6 heteroatoms. The highest BCUT2D eigenvalue weighted by Gasteiger charge is 2.24. The molecule has 0 spiro atoms. The second-order valence-corrected chi connectivity index (χ2v) is 5.61. The molecule has 1 N–H and O–H groups in total. The van der Waals surface area contributed by atoms with Crippen LogP contribution in [0.25, 0.3) is 0 Å². The van der Waals surface area contributed by atoms with Crippen LogP contribution in [0, 0.1) is 19.8 Å². The van der Waals surface area contributed by atoms with Crippen LogP contribution in [0.3, 0.4) is 0 Å². The van der Waals surface area contributed by atoms with Crippen molar-refractivity contribution in [1.29, 1.82) is 0 Å². The normalized spacial score (nSPS) is 15.9. The average Bonchev–Trinajstić information content (AvgIpc) is 2.77. The fourth-order valence-electron chi connectivity index (χ4n) is 2.75. The minimum absolute atomic E-state index is 0. The Morgan fingerprint density at radius 2 is 2.05 bits per heavy atom. The minimum atomic E-state index is 0. The van der Waals surface area contributed by atoms with Gasteiger partial charge in [0.1, 0.15) is 5.76 Å².